The lowest BCUT2D eigenvalue weighted by Gasteiger charge is -2.17. The van der Waals surface area contributed by atoms with Crippen LogP contribution in [-0.4, -0.2) is 27.9 Å². The molecule has 0 atom stereocenters. The molecule has 6 heteroatoms. The number of fused-ring (bicyclic) bond motifs is 1. The van der Waals surface area contributed by atoms with Crippen molar-refractivity contribution in [3.8, 4) is 0 Å². The lowest BCUT2D eigenvalue weighted by Crippen LogP contribution is -2.30. The topological polar surface area (TPSA) is 87.6 Å². The van der Waals surface area contributed by atoms with Gasteiger partial charge in [0.15, 0.2) is 0 Å². The van der Waals surface area contributed by atoms with E-state index in [1.54, 1.807) is 24.3 Å². The van der Waals surface area contributed by atoms with Gasteiger partial charge in [0, 0.05) is 12.4 Å². The number of rotatable bonds is 3. The molecular weight excluding hydrogens is 272 g/mol. The van der Waals surface area contributed by atoms with Gasteiger partial charge in [-0.05, 0) is 17.7 Å². The molecule has 0 unspecified atom stereocenters. The number of para-hydroxylation sites is 1. The van der Waals surface area contributed by atoms with Crippen LogP contribution in [0, 0.1) is 0 Å². The Morgan fingerprint density at radius 2 is 1.81 bits per heavy atom. The summed E-state index contributed by atoms with van der Waals surface area (Å²) < 4.78 is 0. The van der Waals surface area contributed by atoms with Crippen LogP contribution in [0.2, 0.25) is 0 Å². The van der Waals surface area contributed by atoms with E-state index in [-0.39, 0.29) is 17.5 Å². The molecule has 0 bridgehead atoms. The number of aliphatic carboxylic acids is 1. The Balaban J connectivity index is 2.09. The third kappa shape index (κ3) is 2.06. The zero-order valence-electron chi connectivity index (χ0n) is 10.8. The number of hydrogen-bond donors (Lipinski definition) is 1. The van der Waals surface area contributed by atoms with Gasteiger partial charge in [-0.1, -0.05) is 18.2 Å². The number of hydrogen-bond acceptors (Lipinski definition) is 4. The maximum absolute atomic E-state index is 12.4. The lowest BCUT2D eigenvalue weighted by atomic mass is 10.1. The number of carboxylic acids is 1. The number of carboxylic acid groups (broad SMARTS) is 1. The van der Waals surface area contributed by atoms with Gasteiger partial charge < -0.3 is 5.11 Å². The van der Waals surface area contributed by atoms with Gasteiger partial charge in [-0.3, -0.25) is 19.4 Å². The molecule has 6 nitrogen and oxygen atoms in total. The maximum Gasteiger partial charge on any atom is 0.307 e. The molecule has 0 fully saturated rings. The van der Waals surface area contributed by atoms with Gasteiger partial charge in [0.05, 0.1) is 23.2 Å². The molecule has 2 heterocycles. The monoisotopic (exact) mass is 282 g/mol. The van der Waals surface area contributed by atoms with Crippen LogP contribution < -0.4 is 4.90 Å². The highest BCUT2D eigenvalue weighted by molar-refractivity contribution is 6.34. The quantitative estimate of drug-likeness (QED) is 0.862. The largest absolute Gasteiger partial charge is 0.481 e. The number of carbonyl (C=O) groups is 3. The van der Waals surface area contributed by atoms with E-state index in [9.17, 15) is 14.4 Å². The molecule has 104 valence electrons. The summed E-state index contributed by atoms with van der Waals surface area (Å²) in [6.45, 7) is 0. The van der Waals surface area contributed by atoms with Crippen molar-refractivity contribution in [2.75, 3.05) is 4.90 Å². The molecule has 3 rings (SSSR count). The Morgan fingerprint density at radius 3 is 2.52 bits per heavy atom. The van der Waals surface area contributed by atoms with Gasteiger partial charge in [-0.15, -0.1) is 0 Å². The first kappa shape index (κ1) is 13.0. The first-order valence-corrected chi connectivity index (χ1v) is 6.22. The lowest BCUT2D eigenvalue weighted by molar-refractivity contribution is -0.136. The smallest absolute Gasteiger partial charge is 0.307 e. The minimum absolute atomic E-state index is 0.229. The van der Waals surface area contributed by atoms with Crippen molar-refractivity contribution in [2.45, 2.75) is 6.42 Å². The SMILES string of the molecule is O=C(O)Cc1ccccc1N1C(=O)c2ccncc2C1=O. The average molecular weight is 282 g/mol. The van der Waals surface area contributed by atoms with Crippen LogP contribution in [0.25, 0.3) is 0 Å². The van der Waals surface area contributed by atoms with Crippen LogP contribution >= 0.6 is 0 Å². The van der Waals surface area contributed by atoms with Crippen molar-refractivity contribution >= 4 is 23.5 Å². The standard InChI is InChI=1S/C15H10N2O4/c18-13(19)7-9-3-1-2-4-12(9)17-14(20)10-5-6-16-8-11(10)15(17)21/h1-6,8H,7H2,(H,18,19). The Bertz CT molecular complexity index is 735. The minimum atomic E-state index is -1.03. The van der Waals surface area contributed by atoms with Crippen molar-refractivity contribution in [1.82, 2.24) is 4.98 Å². The molecule has 21 heavy (non-hydrogen) atoms. The van der Waals surface area contributed by atoms with Gasteiger partial charge in [0.25, 0.3) is 11.8 Å². The highest BCUT2D eigenvalue weighted by Crippen LogP contribution is 2.30. The summed E-state index contributed by atoms with van der Waals surface area (Å²) in [6, 6.07) is 7.96. The summed E-state index contributed by atoms with van der Waals surface area (Å²) in [4.78, 5) is 40.5. The number of imide groups is 1. The van der Waals surface area contributed by atoms with Crippen LogP contribution in [0.3, 0.4) is 0 Å². The number of benzene rings is 1. The van der Waals surface area contributed by atoms with Crippen molar-refractivity contribution in [2.24, 2.45) is 0 Å². The molecule has 0 saturated heterocycles. The normalized spacial score (nSPS) is 13.4. The van der Waals surface area contributed by atoms with E-state index < -0.39 is 17.8 Å². The number of amides is 2. The van der Waals surface area contributed by atoms with Crippen molar-refractivity contribution in [3.05, 3.63) is 59.4 Å². The van der Waals surface area contributed by atoms with E-state index in [0.717, 1.165) is 4.90 Å². The molecule has 2 aromatic rings. The second kappa shape index (κ2) is 4.82. The van der Waals surface area contributed by atoms with Crippen LogP contribution in [-0.2, 0) is 11.2 Å². The van der Waals surface area contributed by atoms with Gasteiger partial charge >= 0.3 is 5.97 Å². The summed E-state index contributed by atoms with van der Waals surface area (Å²) in [5, 5.41) is 8.94. The second-order valence-corrected chi connectivity index (χ2v) is 4.57. The van der Waals surface area contributed by atoms with Gasteiger partial charge in [0.1, 0.15) is 0 Å². The summed E-state index contributed by atoms with van der Waals surface area (Å²) in [5.74, 6) is -1.98. The molecule has 1 N–H and O–H groups in total. The van der Waals surface area contributed by atoms with Crippen molar-refractivity contribution in [3.63, 3.8) is 0 Å². The maximum atomic E-state index is 12.4. The highest BCUT2D eigenvalue weighted by atomic mass is 16.4. The van der Waals surface area contributed by atoms with Gasteiger partial charge in [-0.2, -0.15) is 0 Å². The highest BCUT2D eigenvalue weighted by Gasteiger charge is 2.37. The molecule has 0 spiro atoms. The Hall–Kier alpha value is -3.02. The van der Waals surface area contributed by atoms with E-state index >= 15 is 0 Å². The molecule has 0 aliphatic carbocycles. The van der Waals surface area contributed by atoms with Crippen LogP contribution in [0.5, 0.6) is 0 Å². The number of pyridine rings is 1. The summed E-state index contributed by atoms with van der Waals surface area (Å²) in [7, 11) is 0. The predicted molar refractivity (Wildman–Crippen MR) is 73.2 cm³/mol. The number of aromatic nitrogens is 1. The minimum Gasteiger partial charge on any atom is -0.481 e. The fraction of sp³-hybridized carbons (Fsp3) is 0.0667. The molecular formula is C15H10N2O4. The third-order valence-corrected chi connectivity index (χ3v) is 3.26. The molecule has 0 saturated carbocycles. The molecule has 1 aromatic heterocycles. The van der Waals surface area contributed by atoms with E-state index in [2.05, 4.69) is 4.98 Å². The zero-order chi connectivity index (χ0) is 15.0. The number of carbonyl (C=O) groups excluding carboxylic acids is 2. The Kier molecular flexibility index (Phi) is 2.98. The van der Waals surface area contributed by atoms with Gasteiger partial charge in [-0.25, -0.2) is 4.90 Å². The fourth-order valence-corrected chi connectivity index (χ4v) is 2.34. The van der Waals surface area contributed by atoms with Crippen molar-refractivity contribution < 1.29 is 19.5 Å². The fourth-order valence-electron chi connectivity index (χ4n) is 2.34. The van der Waals surface area contributed by atoms with E-state index in [4.69, 9.17) is 5.11 Å². The molecule has 1 aliphatic rings. The summed E-state index contributed by atoms with van der Waals surface area (Å²) in [5.41, 5.74) is 1.21. The van der Waals surface area contributed by atoms with E-state index in [1.165, 1.54) is 18.5 Å². The summed E-state index contributed by atoms with van der Waals surface area (Å²) in [6.07, 6.45) is 2.52. The zero-order valence-corrected chi connectivity index (χ0v) is 10.8. The van der Waals surface area contributed by atoms with E-state index in [1.807, 2.05) is 0 Å². The van der Waals surface area contributed by atoms with Crippen LogP contribution in [0.4, 0.5) is 5.69 Å². The third-order valence-electron chi connectivity index (χ3n) is 3.26. The Morgan fingerprint density at radius 1 is 1.10 bits per heavy atom. The number of nitrogens with zero attached hydrogens (tertiary/aromatic N) is 2. The average Bonchev–Trinajstić information content (AvgIpc) is 2.72. The molecule has 2 amide bonds. The predicted octanol–water partition coefficient (Wildman–Crippen LogP) is 1.51. The number of anilines is 1. The second-order valence-electron chi connectivity index (χ2n) is 4.57. The van der Waals surface area contributed by atoms with Gasteiger partial charge in [0.2, 0.25) is 0 Å². The van der Waals surface area contributed by atoms with Crippen LogP contribution in [0.15, 0.2) is 42.7 Å². The molecule has 1 aliphatic heterocycles. The molecule has 1 aromatic carbocycles. The first-order chi connectivity index (χ1) is 10.1. The van der Waals surface area contributed by atoms with E-state index in [0.29, 0.717) is 11.3 Å². The van der Waals surface area contributed by atoms with Crippen LogP contribution in [0.1, 0.15) is 26.3 Å². The van der Waals surface area contributed by atoms with Crippen molar-refractivity contribution in [1.29, 1.82) is 0 Å². The summed E-state index contributed by atoms with van der Waals surface area (Å²) >= 11 is 0. The Labute approximate surface area is 119 Å². The molecule has 0 radical (unpaired) electrons. The first-order valence-electron chi connectivity index (χ1n) is 6.22.